The van der Waals surface area contributed by atoms with Gasteiger partial charge >= 0.3 is 0 Å². The molecule has 1 aliphatic rings. The molecule has 1 aliphatic carbocycles. The molecule has 0 amide bonds. The van der Waals surface area contributed by atoms with Crippen molar-refractivity contribution in [1.29, 1.82) is 0 Å². The van der Waals surface area contributed by atoms with E-state index in [1.54, 1.807) is 0 Å². The maximum atomic E-state index is 12.3. The van der Waals surface area contributed by atoms with Crippen molar-refractivity contribution in [3.8, 4) is 0 Å². The van der Waals surface area contributed by atoms with Gasteiger partial charge in [0.1, 0.15) is 15.4 Å². The minimum atomic E-state index is -3.09. The summed E-state index contributed by atoms with van der Waals surface area (Å²) in [4.78, 5) is 12.3. The molecule has 0 aromatic carbocycles. The topological polar surface area (TPSA) is 60.4 Å². The largest absolute Gasteiger partial charge is 0.367 e. The Labute approximate surface area is 110 Å². The Hall–Kier alpha value is -0.420. The monoisotopic (exact) mass is 276 g/mol. The molecule has 0 heterocycles. The van der Waals surface area contributed by atoms with Gasteiger partial charge in [-0.25, -0.2) is 8.42 Å². The molecule has 1 rings (SSSR count). The quantitative estimate of drug-likeness (QED) is 0.744. The Bertz CT molecular complexity index is 384. The van der Waals surface area contributed by atoms with Gasteiger partial charge in [-0.05, 0) is 32.1 Å². The van der Waals surface area contributed by atoms with Crippen molar-refractivity contribution < 1.29 is 17.9 Å². The number of sulfone groups is 1. The second-order valence-electron chi connectivity index (χ2n) is 5.43. The molecule has 1 fully saturated rings. The van der Waals surface area contributed by atoms with E-state index in [-0.39, 0.29) is 18.0 Å². The van der Waals surface area contributed by atoms with Gasteiger partial charge in [0.2, 0.25) is 0 Å². The third-order valence-corrected chi connectivity index (χ3v) is 4.53. The fourth-order valence-corrected chi connectivity index (χ4v) is 3.31. The first kappa shape index (κ1) is 15.6. The molecule has 0 radical (unpaired) electrons. The SMILES string of the molecule is CCOC1(C(=O)CCS(C)(=O)=O)CCCC(C)C1. The summed E-state index contributed by atoms with van der Waals surface area (Å²) >= 11 is 0. The maximum Gasteiger partial charge on any atom is 0.165 e. The molecule has 106 valence electrons. The number of Topliss-reactive ketones (excluding diaryl/α,β-unsaturated/α-hetero) is 1. The van der Waals surface area contributed by atoms with Gasteiger partial charge in [-0.15, -0.1) is 0 Å². The minimum Gasteiger partial charge on any atom is -0.367 e. The van der Waals surface area contributed by atoms with Gasteiger partial charge in [-0.3, -0.25) is 4.79 Å². The van der Waals surface area contributed by atoms with Crippen LogP contribution in [0.3, 0.4) is 0 Å². The van der Waals surface area contributed by atoms with Gasteiger partial charge < -0.3 is 4.74 Å². The predicted molar refractivity (Wildman–Crippen MR) is 71.3 cm³/mol. The lowest BCUT2D eigenvalue weighted by molar-refractivity contribution is -0.150. The second-order valence-corrected chi connectivity index (χ2v) is 7.69. The third kappa shape index (κ3) is 4.35. The molecule has 18 heavy (non-hydrogen) atoms. The van der Waals surface area contributed by atoms with Crippen LogP contribution < -0.4 is 0 Å². The van der Waals surface area contributed by atoms with Crippen LogP contribution in [0, 0.1) is 5.92 Å². The van der Waals surface area contributed by atoms with E-state index >= 15 is 0 Å². The molecule has 0 N–H and O–H groups in total. The number of hydrogen-bond acceptors (Lipinski definition) is 4. The van der Waals surface area contributed by atoms with Crippen LogP contribution in [0.15, 0.2) is 0 Å². The van der Waals surface area contributed by atoms with E-state index in [1.165, 1.54) is 0 Å². The van der Waals surface area contributed by atoms with E-state index in [0.29, 0.717) is 12.5 Å². The summed E-state index contributed by atoms with van der Waals surface area (Å²) in [6.45, 7) is 4.50. The normalized spacial score (nSPS) is 29.2. The zero-order valence-corrected chi connectivity index (χ0v) is 12.4. The van der Waals surface area contributed by atoms with Crippen molar-refractivity contribution in [3.63, 3.8) is 0 Å². The van der Waals surface area contributed by atoms with Crippen LogP contribution in [0.1, 0.15) is 46.0 Å². The summed E-state index contributed by atoms with van der Waals surface area (Å²) in [5.41, 5.74) is -0.725. The molecular weight excluding hydrogens is 252 g/mol. The molecule has 1 saturated carbocycles. The lowest BCUT2D eigenvalue weighted by atomic mass is 9.75. The van der Waals surface area contributed by atoms with Crippen LogP contribution >= 0.6 is 0 Å². The molecular formula is C13H24O4S. The molecule has 2 unspecified atom stereocenters. The van der Waals surface area contributed by atoms with E-state index < -0.39 is 15.4 Å². The van der Waals surface area contributed by atoms with Crippen molar-refractivity contribution >= 4 is 15.6 Å². The van der Waals surface area contributed by atoms with Crippen LogP contribution in [0.4, 0.5) is 0 Å². The number of ketones is 1. The van der Waals surface area contributed by atoms with Crippen LogP contribution in [0.2, 0.25) is 0 Å². The van der Waals surface area contributed by atoms with Crippen molar-refractivity contribution in [3.05, 3.63) is 0 Å². The molecule has 4 nitrogen and oxygen atoms in total. The Balaban J connectivity index is 2.74. The summed E-state index contributed by atoms with van der Waals surface area (Å²) in [6, 6.07) is 0. The summed E-state index contributed by atoms with van der Waals surface area (Å²) in [5.74, 6) is 0.350. The lowest BCUT2D eigenvalue weighted by Crippen LogP contribution is -2.46. The van der Waals surface area contributed by atoms with Crippen molar-refractivity contribution in [2.24, 2.45) is 5.92 Å². The average Bonchev–Trinajstić information content (AvgIpc) is 2.25. The molecule has 0 aromatic rings. The predicted octanol–water partition coefficient (Wildman–Crippen LogP) is 1.98. The molecule has 0 aromatic heterocycles. The van der Waals surface area contributed by atoms with Crippen molar-refractivity contribution in [2.45, 2.75) is 51.6 Å². The minimum absolute atomic E-state index is 0.0404. The van der Waals surface area contributed by atoms with Gasteiger partial charge in [-0.2, -0.15) is 0 Å². The molecule has 0 aliphatic heterocycles. The van der Waals surface area contributed by atoms with Crippen LogP contribution in [-0.4, -0.2) is 38.4 Å². The lowest BCUT2D eigenvalue weighted by Gasteiger charge is -2.38. The van der Waals surface area contributed by atoms with Crippen LogP contribution in [0.5, 0.6) is 0 Å². The highest BCUT2D eigenvalue weighted by molar-refractivity contribution is 7.90. The molecule has 5 heteroatoms. The first-order valence-corrected chi connectivity index (χ1v) is 8.70. The molecule has 0 spiro atoms. The van der Waals surface area contributed by atoms with Gasteiger partial charge in [0.15, 0.2) is 5.78 Å². The Morgan fingerprint density at radius 1 is 1.44 bits per heavy atom. The Morgan fingerprint density at radius 3 is 2.61 bits per heavy atom. The van der Waals surface area contributed by atoms with E-state index in [0.717, 1.165) is 31.9 Å². The fourth-order valence-electron chi connectivity index (χ4n) is 2.75. The summed E-state index contributed by atoms with van der Waals surface area (Å²) in [7, 11) is -3.09. The highest BCUT2D eigenvalue weighted by Gasteiger charge is 2.41. The summed E-state index contributed by atoms with van der Waals surface area (Å²) in [6.07, 6.45) is 4.79. The van der Waals surface area contributed by atoms with E-state index in [2.05, 4.69) is 6.92 Å². The highest BCUT2D eigenvalue weighted by Crippen LogP contribution is 2.36. The van der Waals surface area contributed by atoms with Gasteiger partial charge in [0.25, 0.3) is 0 Å². The number of hydrogen-bond donors (Lipinski definition) is 0. The van der Waals surface area contributed by atoms with Crippen molar-refractivity contribution in [2.75, 3.05) is 18.6 Å². The third-order valence-electron chi connectivity index (χ3n) is 3.58. The molecule has 2 atom stereocenters. The zero-order valence-electron chi connectivity index (χ0n) is 11.6. The molecule has 0 bridgehead atoms. The standard InChI is InChI=1S/C13H24O4S/c1-4-17-13(8-5-6-11(2)10-13)12(14)7-9-18(3,15)16/h11H,4-10H2,1-3H3. The zero-order chi connectivity index (χ0) is 13.8. The van der Waals surface area contributed by atoms with Crippen LogP contribution in [0.25, 0.3) is 0 Å². The fraction of sp³-hybridized carbons (Fsp3) is 0.923. The Kier molecular flexibility index (Phi) is 5.34. The molecule has 0 saturated heterocycles. The number of carbonyl (C=O) groups excluding carboxylic acids is 1. The second kappa shape index (κ2) is 6.15. The maximum absolute atomic E-state index is 12.3. The number of rotatable bonds is 6. The smallest absolute Gasteiger partial charge is 0.165 e. The number of ether oxygens (including phenoxy) is 1. The summed E-state index contributed by atoms with van der Waals surface area (Å²) < 4.78 is 28.0. The Morgan fingerprint density at radius 2 is 2.11 bits per heavy atom. The van der Waals surface area contributed by atoms with Crippen LogP contribution in [-0.2, 0) is 19.4 Å². The average molecular weight is 276 g/mol. The number of carbonyl (C=O) groups is 1. The van der Waals surface area contributed by atoms with Gasteiger partial charge in [0.05, 0.1) is 5.75 Å². The van der Waals surface area contributed by atoms with E-state index in [9.17, 15) is 13.2 Å². The van der Waals surface area contributed by atoms with Crippen molar-refractivity contribution in [1.82, 2.24) is 0 Å². The highest BCUT2D eigenvalue weighted by atomic mass is 32.2. The van der Waals surface area contributed by atoms with Gasteiger partial charge in [-0.1, -0.05) is 13.3 Å². The summed E-state index contributed by atoms with van der Waals surface area (Å²) in [5, 5.41) is 0. The van der Waals surface area contributed by atoms with Gasteiger partial charge in [0, 0.05) is 19.3 Å². The first-order chi connectivity index (χ1) is 8.29. The van der Waals surface area contributed by atoms with E-state index in [4.69, 9.17) is 4.74 Å². The van der Waals surface area contributed by atoms with E-state index in [1.807, 2.05) is 6.92 Å². The first-order valence-electron chi connectivity index (χ1n) is 6.64.